The molecule has 8 heteroatoms. The van der Waals surface area contributed by atoms with E-state index < -0.39 is 10.0 Å². The molecule has 174 valence electrons. The molecule has 0 amide bonds. The average molecular weight is 467 g/mol. The second-order valence-corrected chi connectivity index (χ2v) is 10.5. The fourth-order valence-electron chi connectivity index (χ4n) is 3.97. The summed E-state index contributed by atoms with van der Waals surface area (Å²) in [5, 5.41) is 8.82. The predicted octanol–water partition coefficient (Wildman–Crippen LogP) is 3.90. The number of hydrogen-bond donors (Lipinski definition) is 0. The summed E-state index contributed by atoms with van der Waals surface area (Å²) in [7, 11) is -2.15. The number of ether oxygens (including phenoxy) is 1. The van der Waals surface area contributed by atoms with Crippen molar-refractivity contribution in [3.63, 3.8) is 0 Å². The third-order valence-electron chi connectivity index (χ3n) is 6.41. The lowest BCUT2D eigenvalue weighted by molar-refractivity contribution is 0.373. The lowest BCUT2D eigenvalue weighted by Gasteiger charge is -2.34. The van der Waals surface area contributed by atoms with Gasteiger partial charge in [-0.15, -0.1) is 10.2 Å². The van der Waals surface area contributed by atoms with Gasteiger partial charge in [0.1, 0.15) is 10.6 Å². The third-order valence-corrected chi connectivity index (χ3v) is 8.33. The third kappa shape index (κ3) is 4.58. The molecule has 0 saturated carbocycles. The van der Waals surface area contributed by atoms with E-state index in [0.717, 1.165) is 28.2 Å². The van der Waals surface area contributed by atoms with Crippen LogP contribution in [0.3, 0.4) is 0 Å². The number of anilines is 1. The van der Waals surface area contributed by atoms with Gasteiger partial charge in [0.25, 0.3) is 0 Å². The Balaban J connectivity index is 1.48. The average Bonchev–Trinajstić information content (AvgIpc) is 2.82. The molecule has 0 spiro atoms. The van der Waals surface area contributed by atoms with Gasteiger partial charge >= 0.3 is 0 Å². The number of nitrogens with zero attached hydrogens (tertiary/aromatic N) is 4. The monoisotopic (exact) mass is 466 g/mol. The van der Waals surface area contributed by atoms with E-state index in [4.69, 9.17) is 4.74 Å². The maximum Gasteiger partial charge on any atom is 0.246 e. The molecule has 33 heavy (non-hydrogen) atoms. The van der Waals surface area contributed by atoms with E-state index in [1.54, 1.807) is 12.1 Å². The fraction of sp³-hybridized carbons (Fsp3) is 0.360. The molecule has 1 fully saturated rings. The number of piperazine rings is 1. The van der Waals surface area contributed by atoms with Crippen molar-refractivity contribution in [2.45, 2.75) is 32.6 Å². The van der Waals surface area contributed by atoms with Gasteiger partial charge in [-0.25, -0.2) is 8.42 Å². The van der Waals surface area contributed by atoms with Crippen LogP contribution >= 0.6 is 0 Å². The maximum absolute atomic E-state index is 13.3. The molecule has 0 radical (unpaired) electrons. The van der Waals surface area contributed by atoms with Crippen LogP contribution < -0.4 is 9.64 Å². The zero-order valence-corrected chi connectivity index (χ0v) is 20.6. The van der Waals surface area contributed by atoms with E-state index >= 15 is 0 Å². The number of benzene rings is 2. The molecule has 2 heterocycles. The van der Waals surface area contributed by atoms with Gasteiger partial charge in [0.2, 0.25) is 10.0 Å². The Kier molecular flexibility index (Phi) is 6.41. The molecule has 1 aromatic heterocycles. The van der Waals surface area contributed by atoms with Gasteiger partial charge in [-0.2, -0.15) is 4.31 Å². The molecule has 0 atom stereocenters. The van der Waals surface area contributed by atoms with Crippen LogP contribution in [0.15, 0.2) is 47.4 Å². The SMILES string of the molecule is COc1cc(C)c(C)cc1S(=O)(=O)N1CCN(c2ccc(-c3ccc(C)c(C)c3)nn2)CC1. The number of methoxy groups -OCH3 is 1. The van der Waals surface area contributed by atoms with Crippen molar-refractivity contribution in [2.24, 2.45) is 0 Å². The molecule has 1 aliphatic heterocycles. The van der Waals surface area contributed by atoms with E-state index in [-0.39, 0.29) is 4.90 Å². The first kappa shape index (κ1) is 23.2. The fourth-order valence-corrected chi connectivity index (χ4v) is 5.61. The normalized spacial score (nSPS) is 15.0. The second-order valence-electron chi connectivity index (χ2n) is 8.55. The van der Waals surface area contributed by atoms with Crippen LogP contribution in [0.5, 0.6) is 5.75 Å². The molecular formula is C25H30N4O3S. The molecule has 7 nitrogen and oxygen atoms in total. The Morgan fingerprint density at radius 3 is 2.06 bits per heavy atom. The molecular weight excluding hydrogens is 436 g/mol. The number of hydrogen-bond acceptors (Lipinski definition) is 6. The van der Waals surface area contributed by atoms with E-state index in [2.05, 4.69) is 47.1 Å². The number of rotatable bonds is 5. The summed E-state index contributed by atoms with van der Waals surface area (Å²) in [6.07, 6.45) is 0. The lowest BCUT2D eigenvalue weighted by atomic mass is 10.0. The lowest BCUT2D eigenvalue weighted by Crippen LogP contribution is -2.49. The van der Waals surface area contributed by atoms with Crippen LogP contribution in [0.25, 0.3) is 11.3 Å². The zero-order chi connectivity index (χ0) is 23.8. The largest absolute Gasteiger partial charge is 0.495 e. The van der Waals surface area contributed by atoms with Crippen molar-refractivity contribution < 1.29 is 13.2 Å². The highest BCUT2D eigenvalue weighted by Crippen LogP contribution is 2.31. The van der Waals surface area contributed by atoms with Crippen LogP contribution in [-0.2, 0) is 10.0 Å². The summed E-state index contributed by atoms with van der Waals surface area (Å²) < 4.78 is 33.5. The summed E-state index contributed by atoms with van der Waals surface area (Å²) >= 11 is 0. The molecule has 4 rings (SSSR count). The standard InChI is InChI=1S/C25H30N4O3S/c1-17-6-7-21(14-18(17)2)22-8-9-25(27-26-22)28-10-12-29(13-11-28)33(30,31)24-16-20(4)19(3)15-23(24)32-5/h6-9,14-16H,10-13H2,1-5H3. The van der Waals surface area contributed by atoms with Crippen LogP contribution in [-0.4, -0.2) is 56.2 Å². The summed E-state index contributed by atoms with van der Waals surface area (Å²) in [5.41, 5.74) is 6.25. The minimum atomic E-state index is -3.65. The Labute approximate surface area is 196 Å². The summed E-state index contributed by atoms with van der Waals surface area (Å²) in [6.45, 7) is 9.86. The Hall–Kier alpha value is -2.97. The first-order chi connectivity index (χ1) is 15.7. The predicted molar refractivity (Wildman–Crippen MR) is 130 cm³/mol. The van der Waals surface area contributed by atoms with Gasteiger partial charge in [0, 0.05) is 31.7 Å². The van der Waals surface area contributed by atoms with Gasteiger partial charge in [0.05, 0.1) is 12.8 Å². The van der Waals surface area contributed by atoms with E-state index in [9.17, 15) is 8.42 Å². The van der Waals surface area contributed by atoms with Crippen LogP contribution in [0.1, 0.15) is 22.3 Å². The Bertz CT molecular complexity index is 1270. The number of sulfonamides is 1. The molecule has 1 saturated heterocycles. The summed E-state index contributed by atoms with van der Waals surface area (Å²) in [5.74, 6) is 1.14. The van der Waals surface area contributed by atoms with Crippen molar-refractivity contribution in [3.8, 4) is 17.0 Å². The number of aryl methyl sites for hydroxylation is 4. The minimum absolute atomic E-state index is 0.221. The Morgan fingerprint density at radius 1 is 0.788 bits per heavy atom. The molecule has 3 aromatic rings. The van der Waals surface area contributed by atoms with E-state index in [1.807, 2.05) is 26.0 Å². The number of aromatic nitrogens is 2. The molecule has 0 unspecified atom stereocenters. The van der Waals surface area contributed by atoms with Gasteiger partial charge in [0.15, 0.2) is 5.82 Å². The first-order valence-electron chi connectivity index (χ1n) is 11.0. The second kappa shape index (κ2) is 9.11. The molecule has 0 bridgehead atoms. The van der Waals surface area contributed by atoms with Crippen molar-refractivity contribution in [1.29, 1.82) is 0 Å². The van der Waals surface area contributed by atoms with Crippen molar-refractivity contribution in [2.75, 3.05) is 38.2 Å². The maximum atomic E-state index is 13.3. The van der Waals surface area contributed by atoms with Gasteiger partial charge in [-0.1, -0.05) is 12.1 Å². The van der Waals surface area contributed by atoms with Gasteiger partial charge < -0.3 is 9.64 Å². The molecule has 0 aliphatic carbocycles. The Morgan fingerprint density at radius 2 is 1.45 bits per heavy atom. The summed E-state index contributed by atoms with van der Waals surface area (Å²) in [6, 6.07) is 13.7. The van der Waals surface area contributed by atoms with Crippen LogP contribution in [0, 0.1) is 27.7 Å². The van der Waals surface area contributed by atoms with Crippen molar-refractivity contribution in [1.82, 2.24) is 14.5 Å². The van der Waals surface area contributed by atoms with Crippen LogP contribution in [0.4, 0.5) is 5.82 Å². The van der Waals surface area contributed by atoms with Crippen molar-refractivity contribution in [3.05, 3.63) is 64.7 Å². The smallest absolute Gasteiger partial charge is 0.246 e. The highest BCUT2D eigenvalue weighted by atomic mass is 32.2. The van der Waals surface area contributed by atoms with E-state index in [1.165, 1.54) is 22.5 Å². The summed E-state index contributed by atoms with van der Waals surface area (Å²) in [4.78, 5) is 2.29. The molecule has 2 aromatic carbocycles. The molecule has 0 N–H and O–H groups in total. The molecule has 1 aliphatic rings. The zero-order valence-electron chi connectivity index (χ0n) is 19.8. The topological polar surface area (TPSA) is 75.6 Å². The van der Waals surface area contributed by atoms with Crippen LogP contribution in [0.2, 0.25) is 0 Å². The minimum Gasteiger partial charge on any atom is -0.495 e. The van der Waals surface area contributed by atoms with Gasteiger partial charge in [-0.05, 0) is 80.3 Å². The first-order valence-corrected chi connectivity index (χ1v) is 12.5. The highest BCUT2D eigenvalue weighted by Gasteiger charge is 2.31. The highest BCUT2D eigenvalue weighted by molar-refractivity contribution is 7.89. The van der Waals surface area contributed by atoms with Gasteiger partial charge in [-0.3, -0.25) is 0 Å². The van der Waals surface area contributed by atoms with Crippen molar-refractivity contribution >= 4 is 15.8 Å². The van der Waals surface area contributed by atoms with E-state index in [0.29, 0.717) is 31.9 Å². The quantitative estimate of drug-likeness (QED) is 0.568.